The van der Waals surface area contributed by atoms with Gasteiger partial charge in [-0.25, -0.2) is 0 Å². The molecule has 0 radical (unpaired) electrons. The van der Waals surface area contributed by atoms with Crippen molar-refractivity contribution in [1.82, 2.24) is 0 Å². The molecule has 3 heteroatoms. The quantitative estimate of drug-likeness (QED) is 0.718. The first kappa shape index (κ1) is 9.40. The summed E-state index contributed by atoms with van der Waals surface area (Å²) < 4.78 is 1.10. The lowest BCUT2D eigenvalue weighted by atomic mass is 10.0. The third-order valence-corrected chi connectivity index (χ3v) is 3.71. The summed E-state index contributed by atoms with van der Waals surface area (Å²) >= 11 is 3.52. The minimum Gasteiger partial charge on any atom is -0.370 e. The number of nitrogens with zero attached hydrogens (tertiary/aromatic N) is 1. The molecule has 0 N–H and O–H groups in total. The monoisotopic (exact) mass is 265 g/mol. The second-order valence-corrected chi connectivity index (χ2v) is 5.19. The van der Waals surface area contributed by atoms with Crippen LogP contribution in [0, 0.1) is 0 Å². The number of halogens is 1. The summed E-state index contributed by atoms with van der Waals surface area (Å²) in [6.07, 6.45) is 2.43. The van der Waals surface area contributed by atoms with Crippen LogP contribution in [0.3, 0.4) is 0 Å². The average Bonchev–Trinajstić information content (AvgIpc) is 2.50. The molecule has 0 spiro atoms. The van der Waals surface area contributed by atoms with Gasteiger partial charge in [-0.1, -0.05) is 15.9 Å². The molecule has 0 fully saturated rings. The van der Waals surface area contributed by atoms with Gasteiger partial charge in [0.25, 0.3) is 0 Å². The number of carbonyl (C=O) groups excluding carboxylic acids is 1. The van der Waals surface area contributed by atoms with Gasteiger partial charge in [-0.2, -0.15) is 0 Å². The highest BCUT2D eigenvalue weighted by molar-refractivity contribution is 9.10. The second-order valence-electron chi connectivity index (χ2n) is 4.28. The summed E-state index contributed by atoms with van der Waals surface area (Å²) in [6, 6.07) is 4.29. The molecule has 0 aromatic heterocycles. The summed E-state index contributed by atoms with van der Waals surface area (Å²) in [5.74, 6) is 0.365. The predicted octanol–water partition coefficient (Wildman–Crippen LogP) is 2.33. The van der Waals surface area contributed by atoms with E-state index in [0.29, 0.717) is 18.6 Å². The van der Waals surface area contributed by atoms with Gasteiger partial charge < -0.3 is 4.90 Å². The second kappa shape index (κ2) is 3.34. The molecule has 0 amide bonds. The Labute approximate surface area is 97.4 Å². The number of benzene rings is 1. The predicted molar refractivity (Wildman–Crippen MR) is 63.4 cm³/mol. The number of carbonyl (C=O) groups is 1. The van der Waals surface area contributed by atoms with Crippen LogP contribution < -0.4 is 4.90 Å². The first-order valence-electron chi connectivity index (χ1n) is 5.32. The van der Waals surface area contributed by atoms with E-state index in [2.05, 4.69) is 33.0 Å². The molecule has 0 aliphatic carbocycles. The van der Waals surface area contributed by atoms with E-state index in [-0.39, 0.29) is 0 Å². The van der Waals surface area contributed by atoms with Crippen molar-refractivity contribution in [2.75, 3.05) is 18.0 Å². The van der Waals surface area contributed by atoms with E-state index in [1.54, 1.807) is 0 Å². The lowest BCUT2D eigenvalue weighted by molar-refractivity contribution is -0.118. The molecule has 0 bridgehead atoms. The van der Waals surface area contributed by atoms with Crippen molar-refractivity contribution < 1.29 is 4.79 Å². The largest absolute Gasteiger partial charge is 0.370 e. The third kappa shape index (κ3) is 1.49. The summed E-state index contributed by atoms with van der Waals surface area (Å²) in [4.78, 5) is 14.0. The van der Waals surface area contributed by atoms with Crippen molar-refractivity contribution in [2.45, 2.75) is 19.3 Å². The van der Waals surface area contributed by atoms with Gasteiger partial charge in [0.15, 0.2) is 0 Å². The van der Waals surface area contributed by atoms with Crippen LogP contribution in [0.2, 0.25) is 0 Å². The number of hydrogen-bond donors (Lipinski definition) is 0. The fourth-order valence-electron chi connectivity index (χ4n) is 2.60. The maximum absolute atomic E-state index is 11.6. The van der Waals surface area contributed by atoms with Crippen molar-refractivity contribution >= 4 is 27.4 Å². The number of anilines is 1. The van der Waals surface area contributed by atoms with Crippen LogP contribution in [0.5, 0.6) is 0 Å². The summed E-state index contributed by atoms with van der Waals surface area (Å²) in [5.41, 5.74) is 3.94. The van der Waals surface area contributed by atoms with E-state index >= 15 is 0 Å². The van der Waals surface area contributed by atoms with Crippen LogP contribution in [0.25, 0.3) is 0 Å². The Hall–Kier alpha value is -0.830. The van der Waals surface area contributed by atoms with Gasteiger partial charge in [0.1, 0.15) is 5.78 Å². The van der Waals surface area contributed by atoms with Crippen LogP contribution in [0.1, 0.15) is 17.5 Å². The highest BCUT2D eigenvalue weighted by atomic mass is 79.9. The summed E-state index contributed by atoms with van der Waals surface area (Å²) in [7, 11) is 0. The number of Topliss-reactive ketones (excluding diaryl/α,β-unsaturated/α-hetero) is 1. The molecule has 78 valence electrons. The first-order chi connectivity index (χ1) is 7.24. The van der Waals surface area contributed by atoms with Crippen LogP contribution in [0.4, 0.5) is 5.69 Å². The Kier molecular flexibility index (Phi) is 2.09. The molecule has 2 aliphatic heterocycles. The topological polar surface area (TPSA) is 20.3 Å². The molecule has 0 unspecified atom stereocenters. The van der Waals surface area contributed by atoms with Gasteiger partial charge in [0.05, 0.1) is 0 Å². The Balaban J connectivity index is 2.19. The van der Waals surface area contributed by atoms with E-state index in [1.165, 1.54) is 16.8 Å². The van der Waals surface area contributed by atoms with E-state index in [1.807, 2.05) is 0 Å². The fourth-order valence-corrected chi connectivity index (χ4v) is 3.15. The minimum atomic E-state index is 0.365. The molecule has 2 nitrogen and oxygen atoms in total. The van der Waals surface area contributed by atoms with Gasteiger partial charge >= 0.3 is 0 Å². The number of ketones is 1. The minimum absolute atomic E-state index is 0.365. The molecule has 2 heterocycles. The Morgan fingerprint density at radius 2 is 1.87 bits per heavy atom. The van der Waals surface area contributed by atoms with Crippen LogP contribution in [-0.2, 0) is 17.6 Å². The van der Waals surface area contributed by atoms with Crippen molar-refractivity contribution in [3.8, 4) is 0 Å². The standard InChI is InChI=1S/C12H12BrNO/c13-10-5-8-1-3-14-4-2-11(15)7-9(6-10)12(8)14/h5-6H,1-4,7H2. The van der Waals surface area contributed by atoms with Gasteiger partial charge in [-0.15, -0.1) is 0 Å². The Bertz CT molecular complexity index is 441. The van der Waals surface area contributed by atoms with Crippen molar-refractivity contribution in [2.24, 2.45) is 0 Å². The molecular formula is C12H12BrNO. The maximum atomic E-state index is 11.6. The summed E-state index contributed by atoms with van der Waals surface area (Å²) in [5, 5.41) is 0. The zero-order valence-corrected chi connectivity index (χ0v) is 10.0. The smallest absolute Gasteiger partial charge is 0.139 e. The molecular weight excluding hydrogens is 254 g/mol. The highest BCUT2D eigenvalue weighted by Crippen LogP contribution is 2.36. The summed E-state index contributed by atoms with van der Waals surface area (Å²) in [6.45, 7) is 1.98. The average molecular weight is 266 g/mol. The van der Waals surface area contributed by atoms with E-state index in [9.17, 15) is 4.79 Å². The molecule has 15 heavy (non-hydrogen) atoms. The third-order valence-electron chi connectivity index (χ3n) is 3.25. The molecule has 1 aromatic rings. The van der Waals surface area contributed by atoms with Gasteiger partial charge in [-0.3, -0.25) is 4.79 Å². The normalized spacial score (nSPS) is 19.0. The Morgan fingerprint density at radius 1 is 1.13 bits per heavy atom. The molecule has 0 atom stereocenters. The number of hydrogen-bond acceptors (Lipinski definition) is 2. The lowest BCUT2D eigenvalue weighted by Gasteiger charge is -2.18. The SMILES string of the molecule is O=C1CCN2CCc3cc(Br)cc(c32)C1. The molecule has 2 aliphatic rings. The maximum Gasteiger partial charge on any atom is 0.139 e. The molecule has 3 rings (SSSR count). The first-order valence-corrected chi connectivity index (χ1v) is 6.11. The van der Waals surface area contributed by atoms with Gasteiger partial charge in [-0.05, 0) is 29.7 Å². The van der Waals surface area contributed by atoms with E-state index in [4.69, 9.17) is 0 Å². The van der Waals surface area contributed by atoms with Crippen LogP contribution in [-0.4, -0.2) is 18.9 Å². The Morgan fingerprint density at radius 3 is 2.73 bits per heavy atom. The fraction of sp³-hybridized carbons (Fsp3) is 0.417. The highest BCUT2D eigenvalue weighted by Gasteiger charge is 2.26. The number of rotatable bonds is 0. The molecule has 0 saturated carbocycles. The zero-order chi connectivity index (χ0) is 10.4. The van der Waals surface area contributed by atoms with Crippen molar-refractivity contribution in [3.63, 3.8) is 0 Å². The molecule has 1 aromatic carbocycles. The van der Waals surface area contributed by atoms with Crippen molar-refractivity contribution in [3.05, 3.63) is 27.7 Å². The van der Waals surface area contributed by atoms with Crippen LogP contribution in [0.15, 0.2) is 16.6 Å². The van der Waals surface area contributed by atoms with Crippen LogP contribution >= 0.6 is 15.9 Å². The van der Waals surface area contributed by atoms with Crippen molar-refractivity contribution in [1.29, 1.82) is 0 Å². The lowest BCUT2D eigenvalue weighted by Crippen LogP contribution is -2.21. The molecule has 0 saturated heterocycles. The zero-order valence-electron chi connectivity index (χ0n) is 8.42. The van der Waals surface area contributed by atoms with E-state index < -0.39 is 0 Å². The van der Waals surface area contributed by atoms with Gasteiger partial charge in [0.2, 0.25) is 0 Å². The van der Waals surface area contributed by atoms with E-state index in [0.717, 1.165) is 24.0 Å². The van der Waals surface area contributed by atoms with Gasteiger partial charge in [0, 0.05) is 36.1 Å².